The van der Waals surface area contributed by atoms with Gasteiger partial charge in [0.05, 0.1) is 0 Å². The summed E-state index contributed by atoms with van der Waals surface area (Å²) in [4.78, 5) is 10.4. The average molecular weight is 197 g/mol. The summed E-state index contributed by atoms with van der Waals surface area (Å²) in [7, 11) is 0. The second-order valence-corrected chi connectivity index (χ2v) is 3.50. The maximum Gasteiger partial charge on any atom is 0.120 e. The molecule has 0 aliphatic carbocycles. The first kappa shape index (κ1) is 10.3. The molecule has 0 aliphatic heterocycles. The number of carbonyl (C=O) groups excluding carboxylic acids is 1. The molecule has 0 bridgehead atoms. The first-order valence-corrected chi connectivity index (χ1v) is 4.84. The van der Waals surface area contributed by atoms with Crippen molar-refractivity contribution in [1.82, 2.24) is 0 Å². The zero-order chi connectivity index (χ0) is 9.68. The van der Waals surface area contributed by atoms with Gasteiger partial charge < -0.3 is 4.79 Å². The highest BCUT2D eigenvalue weighted by molar-refractivity contribution is 6.30. The smallest absolute Gasteiger partial charge is 0.120 e. The van der Waals surface area contributed by atoms with Crippen LogP contribution in [0, 0.1) is 0 Å². The quantitative estimate of drug-likeness (QED) is 0.675. The van der Waals surface area contributed by atoms with E-state index in [0.717, 1.165) is 17.7 Å². The minimum atomic E-state index is 0.342. The van der Waals surface area contributed by atoms with Gasteiger partial charge in [-0.25, -0.2) is 0 Å². The van der Waals surface area contributed by atoms with E-state index in [1.807, 2.05) is 24.3 Å². The molecular formula is C11H13ClO. The van der Waals surface area contributed by atoms with E-state index in [9.17, 15) is 4.79 Å². The summed E-state index contributed by atoms with van der Waals surface area (Å²) in [6, 6.07) is 7.70. The van der Waals surface area contributed by atoms with Gasteiger partial charge in [0.1, 0.15) is 6.29 Å². The van der Waals surface area contributed by atoms with E-state index >= 15 is 0 Å². The Balaban J connectivity index is 2.78. The Morgan fingerprint density at radius 1 is 1.38 bits per heavy atom. The van der Waals surface area contributed by atoms with Crippen LogP contribution in [0.4, 0.5) is 0 Å². The summed E-state index contributed by atoms with van der Waals surface area (Å²) in [5.74, 6) is 0.342. The van der Waals surface area contributed by atoms with E-state index in [1.54, 1.807) is 0 Å². The molecule has 0 amide bonds. The molecule has 2 heteroatoms. The second-order valence-electron chi connectivity index (χ2n) is 3.06. The third-order valence-corrected chi connectivity index (χ3v) is 2.47. The number of aldehydes is 1. The lowest BCUT2D eigenvalue weighted by atomic mass is 9.94. The fourth-order valence-corrected chi connectivity index (χ4v) is 1.52. The fraction of sp³-hybridized carbons (Fsp3) is 0.364. The van der Waals surface area contributed by atoms with Crippen molar-refractivity contribution in [3.8, 4) is 0 Å². The van der Waals surface area contributed by atoms with Gasteiger partial charge in [0.25, 0.3) is 0 Å². The van der Waals surface area contributed by atoms with Gasteiger partial charge in [-0.1, -0.05) is 30.7 Å². The van der Waals surface area contributed by atoms with Crippen molar-refractivity contribution in [2.45, 2.75) is 25.7 Å². The first-order chi connectivity index (χ1) is 6.27. The molecule has 0 fully saturated rings. The lowest BCUT2D eigenvalue weighted by Gasteiger charge is -2.11. The molecule has 13 heavy (non-hydrogen) atoms. The Kier molecular flexibility index (Phi) is 3.97. The normalized spacial score (nSPS) is 12.5. The highest BCUT2D eigenvalue weighted by Crippen LogP contribution is 2.23. The van der Waals surface area contributed by atoms with Crippen LogP contribution in [0.5, 0.6) is 0 Å². The van der Waals surface area contributed by atoms with Crippen LogP contribution in [-0.4, -0.2) is 6.29 Å². The van der Waals surface area contributed by atoms with Crippen LogP contribution < -0.4 is 0 Å². The molecule has 0 radical (unpaired) electrons. The molecule has 0 aromatic heterocycles. The van der Waals surface area contributed by atoms with Gasteiger partial charge in [-0.05, 0) is 30.0 Å². The van der Waals surface area contributed by atoms with Gasteiger partial charge >= 0.3 is 0 Å². The van der Waals surface area contributed by atoms with Crippen molar-refractivity contribution in [3.05, 3.63) is 34.9 Å². The number of hydrogen-bond donors (Lipinski definition) is 0. The Bertz CT molecular complexity index is 266. The molecule has 0 N–H and O–H groups in total. The van der Waals surface area contributed by atoms with Gasteiger partial charge in [0.2, 0.25) is 0 Å². The molecule has 70 valence electrons. The summed E-state index contributed by atoms with van der Waals surface area (Å²) < 4.78 is 0. The SMILES string of the molecule is CC[C@H](CC=O)c1ccc(Cl)cc1. The van der Waals surface area contributed by atoms with Gasteiger partial charge in [0.15, 0.2) is 0 Å². The summed E-state index contributed by atoms with van der Waals surface area (Å²) in [6.45, 7) is 2.09. The van der Waals surface area contributed by atoms with Crippen LogP contribution in [0.1, 0.15) is 31.2 Å². The van der Waals surface area contributed by atoms with Crippen molar-refractivity contribution < 1.29 is 4.79 Å². The van der Waals surface area contributed by atoms with E-state index < -0.39 is 0 Å². The summed E-state index contributed by atoms with van der Waals surface area (Å²) in [6.07, 6.45) is 2.56. The molecule has 0 unspecified atom stereocenters. The molecule has 1 nitrogen and oxygen atoms in total. The molecule has 0 saturated heterocycles. The third kappa shape index (κ3) is 2.85. The largest absolute Gasteiger partial charge is 0.303 e. The third-order valence-electron chi connectivity index (χ3n) is 2.21. The highest BCUT2D eigenvalue weighted by Gasteiger charge is 2.07. The minimum Gasteiger partial charge on any atom is -0.303 e. The second kappa shape index (κ2) is 5.03. The number of benzene rings is 1. The number of halogens is 1. The van der Waals surface area contributed by atoms with Crippen LogP contribution in [0.2, 0.25) is 5.02 Å². The molecule has 1 aromatic rings. The molecule has 0 spiro atoms. The van der Waals surface area contributed by atoms with Crippen LogP contribution >= 0.6 is 11.6 Å². The van der Waals surface area contributed by atoms with Crippen molar-refractivity contribution in [2.24, 2.45) is 0 Å². The maximum absolute atomic E-state index is 10.4. The van der Waals surface area contributed by atoms with Crippen molar-refractivity contribution in [2.75, 3.05) is 0 Å². The lowest BCUT2D eigenvalue weighted by molar-refractivity contribution is -0.108. The standard InChI is InChI=1S/C11H13ClO/c1-2-9(7-8-13)10-3-5-11(12)6-4-10/h3-6,8-9H,2,7H2,1H3/t9-/m1/s1. The molecule has 1 aromatic carbocycles. The monoisotopic (exact) mass is 196 g/mol. The predicted octanol–water partition coefficient (Wildman–Crippen LogP) is 3.42. The zero-order valence-corrected chi connectivity index (χ0v) is 8.42. The van der Waals surface area contributed by atoms with Gasteiger partial charge in [0, 0.05) is 11.4 Å². The van der Waals surface area contributed by atoms with Crippen molar-refractivity contribution >= 4 is 17.9 Å². The van der Waals surface area contributed by atoms with Crippen LogP contribution in [0.25, 0.3) is 0 Å². The minimum absolute atomic E-state index is 0.342. The molecule has 0 aliphatic rings. The van der Waals surface area contributed by atoms with Crippen molar-refractivity contribution in [1.29, 1.82) is 0 Å². The Labute approximate surface area is 83.7 Å². The topological polar surface area (TPSA) is 17.1 Å². The predicted molar refractivity (Wildman–Crippen MR) is 55.2 cm³/mol. The molecule has 0 heterocycles. The number of carbonyl (C=O) groups is 1. The van der Waals surface area contributed by atoms with Crippen molar-refractivity contribution in [3.63, 3.8) is 0 Å². The van der Waals surface area contributed by atoms with Gasteiger partial charge in [-0.3, -0.25) is 0 Å². The summed E-state index contributed by atoms with van der Waals surface area (Å²) in [5.41, 5.74) is 1.19. The average Bonchev–Trinajstić information content (AvgIpc) is 2.16. The van der Waals surface area contributed by atoms with E-state index in [-0.39, 0.29) is 0 Å². The van der Waals surface area contributed by atoms with E-state index in [2.05, 4.69) is 6.92 Å². The fourth-order valence-electron chi connectivity index (χ4n) is 1.39. The Morgan fingerprint density at radius 3 is 2.46 bits per heavy atom. The van der Waals surface area contributed by atoms with E-state index in [0.29, 0.717) is 12.3 Å². The molecular weight excluding hydrogens is 184 g/mol. The van der Waals surface area contributed by atoms with Gasteiger partial charge in [-0.15, -0.1) is 0 Å². The first-order valence-electron chi connectivity index (χ1n) is 4.47. The molecule has 1 rings (SSSR count). The maximum atomic E-state index is 10.4. The highest BCUT2D eigenvalue weighted by atomic mass is 35.5. The van der Waals surface area contributed by atoms with Crippen LogP contribution in [0.15, 0.2) is 24.3 Å². The summed E-state index contributed by atoms with van der Waals surface area (Å²) in [5, 5.41) is 0.740. The zero-order valence-electron chi connectivity index (χ0n) is 7.66. The molecule has 0 saturated carbocycles. The van der Waals surface area contributed by atoms with Crippen LogP contribution in [0.3, 0.4) is 0 Å². The summed E-state index contributed by atoms with van der Waals surface area (Å²) >= 11 is 5.77. The Morgan fingerprint density at radius 2 is 2.00 bits per heavy atom. The van der Waals surface area contributed by atoms with E-state index in [4.69, 9.17) is 11.6 Å². The number of hydrogen-bond acceptors (Lipinski definition) is 1. The van der Waals surface area contributed by atoms with Gasteiger partial charge in [-0.2, -0.15) is 0 Å². The Hall–Kier alpha value is -0.820. The lowest BCUT2D eigenvalue weighted by Crippen LogP contribution is -1.97. The number of rotatable bonds is 4. The van der Waals surface area contributed by atoms with Crippen LogP contribution in [-0.2, 0) is 4.79 Å². The molecule has 1 atom stereocenters. The van der Waals surface area contributed by atoms with E-state index in [1.165, 1.54) is 5.56 Å².